The van der Waals surface area contributed by atoms with Crippen LogP contribution in [0.15, 0.2) is 40.8 Å². The summed E-state index contributed by atoms with van der Waals surface area (Å²) in [6, 6.07) is 11.0. The number of hydrogen-bond donors (Lipinski definition) is 1. The minimum Gasteiger partial charge on any atom is -0.478 e. The van der Waals surface area contributed by atoms with E-state index >= 15 is 0 Å². The number of rotatable bonds is 2. The molecule has 1 N–H and O–H groups in total. The Hall–Kier alpha value is -2.62. The molecule has 1 heterocycles. The molecule has 0 bridgehead atoms. The summed E-state index contributed by atoms with van der Waals surface area (Å²) in [6.07, 6.45) is 0. The van der Waals surface area contributed by atoms with Gasteiger partial charge in [-0.1, -0.05) is 23.8 Å². The monoisotopic (exact) mass is 267 g/mol. The summed E-state index contributed by atoms with van der Waals surface area (Å²) in [7, 11) is 0. The summed E-state index contributed by atoms with van der Waals surface area (Å²) in [4.78, 5) is 15.7. The number of oxazole rings is 1. The summed E-state index contributed by atoms with van der Waals surface area (Å²) in [5.41, 5.74) is 3.94. The van der Waals surface area contributed by atoms with Gasteiger partial charge in [0.2, 0.25) is 5.89 Å². The number of aromatic carboxylic acids is 1. The Bertz CT molecular complexity index is 800. The number of hydrogen-bond acceptors (Lipinski definition) is 3. The summed E-state index contributed by atoms with van der Waals surface area (Å²) in [5, 5.41) is 9.20. The molecule has 0 radical (unpaired) electrons. The second kappa shape index (κ2) is 4.49. The molecule has 0 aliphatic rings. The number of benzene rings is 2. The van der Waals surface area contributed by atoms with E-state index in [1.165, 1.54) is 0 Å². The Balaban J connectivity index is 2.24. The van der Waals surface area contributed by atoms with Gasteiger partial charge in [0.05, 0.1) is 0 Å². The highest BCUT2D eigenvalue weighted by Crippen LogP contribution is 2.28. The number of carbonyl (C=O) groups is 1. The largest absolute Gasteiger partial charge is 0.478 e. The highest BCUT2D eigenvalue weighted by Gasteiger charge is 2.17. The van der Waals surface area contributed by atoms with Crippen molar-refractivity contribution in [1.82, 2.24) is 4.98 Å². The van der Waals surface area contributed by atoms with Gasteiger partial charge >= 0.3 is 5.97 Å². The molecule has 4 heteroatoms. The summed E-state index contributed by atoms with van der Waals surface area (Å²) < 4.78 is 5.68. The average Bonchev–Trinajstić information content (AvgIpc) is 2.85. The molecule has 4 nitrogen and oxygen atoms in total. The van der Waals surface area contributed by atoms with Crippen LogP contribution in [0.2, 0.25) is 0 Å². The van der Waals surface area contributed by atoms with Gasteiger partial charge in [-0.25, -0.2) is 9.78 Å². The van der Waals surface area contributed by atoms with Crippen molar-refractivity contribution in [1.29, 1.82) is 0 Å². The van der Waals surface area contributed by atoms with Crippen LogP contribution >= 0.6 is 0 Å². The van der Waals surface area contributed by atoms with Gasteiger partial charge < -0.3 is 9.52 Å². The molecule has 0 fully saturated rings. The van der Waals surface area contributed by atoms with Gasteiger partial charge in [0, 0.05) is 5.56 Å². The molecular formula is C16H13NO3. The SMILES string of the molecule is Cc1ccc(-c2nc3c(C)ccc(C(=O)O)c3o2)cc1. The van der Waals surface area contributed by atoms with Crippen molar-refractivity contribution < 1.29 is 14.3 Å². The first-order valence-corrected chi connectivity index (χ1v) is 6.27. The zero-order chi connectivity index (χ0) is 14.3. The lowest BCUT2D eigenvalue weighted by Crippen LogP contribution is -1.96. The normalized spacial score (nSPS) is 10.9. The summed E-state index contributed by atoms with van der Waals surface area (Å²) in [5.74, 6) is -0.571. The molecule has 0 saturated heterocycles. The van der Waals surface area contributed by atoms with Crippen molar-refractivity contribution in [2.75, 3.05) is 0 Å². The molecule has 0 unspecified atom stereocenters. The lowest BCUT2D eigenvalue weighted by Gasteiger charge is -1.97. The molecular weight excluding hydrogens is 254 g/mol. The van der Waals surface area contributed by atoms with Crippen molar-refractivity contribution in [3.63, 3.8) is 0 Å². The van der Waals surface area contributed by atoms with E-state index in [2.05, 4.69) is 4.98 Å². The molecule has 0 spiro atoms. The third-order valence-corrected chi connectivity index (χ3v) is 3.27. The lowest BCUT2D eigenvalue weighted by atomic mass is 10.1. The van der Waals surface area contributed by atoms with Crippen LogP contribution in [0.5, 0.6) is 0 Å². The van der Waals surface area contributed by atoms with Crippen LogP contribution in [0.1, 0.15) is 21.5 Å². The fourth-order valence-corrected chi connectivity index (χ4v) is 2.12. The Kier molecular flexibility index (Phi) is 2.79. The third-order valence-electron chi connectivity index (χ3n) is 3.27. The maximum atomic E-state index is 11.2. The second-order valence-corrected chi connectivity index (χ2v) is 4.80. The van der Waals surface area contributed by atoms with E-state index < -0.39 is 5.97 Å². The molecule has 20 heavy (non-hydrogen) atoms. The minimum atomic E-state index is -1.01. The van der Waals surface area contributed by atoms with E-state index in [-0.39, 0.29) is 5.56 Å². The lowest BCUT2D eigenvalue weighted by molar-refractivity contribution is 0.0698. The van der Waals surface area contributed by atoms with Crippen LogP contribution in [0.4, 0.5) is 0 Å². The van der Waals surface area contributed by atoms with Crippen molar-refractivity contribution in [2.45, 2.75) is 13.8 Å². The maximum absolute atomic E-state index is 11.2. The second-order valence-electron chi connectivity index (χ2n) is 4.80. The molecule has 0 aliphatic carbocycles. The van der Waals surface area contributed by atoms with E-state index in [1.54, 1.807) is 12.1 Å². The molecule has 2 aromatic carbocycles. The fourth-order valence-electron chi connectivity index (χ4n) is 2.12. The van der Waals surface area contributed by atoms with E-state index in [0.29, 0.717) is 17.0 Å². The van der Waals surface area contributed by atoms with Crippen LogP contribution in [-0.2, 0) is 0 Å². The first-order valence-electron chi connectivity index (χ1n) is 6.27. The van der Waals surface area contributed by atoms with E-state index in [4.69, 9.17) is 4.42 Å². The Morgan fingerprint density at radius 3 is 2.45 bits per heavy atom. The van der Waals surface area contributed by atoms with Crippen molar-refractivity contribution in [3.8, 4) is 11.5 Å². The Labute approximate surface area is 115 Å². The average molecular weight is 267 g/mol. The Morgan fingerprint density at radius 2 is 1.80 bits per heavy atom. The predicted molar refractivity (Wildman–Crippen MR) is 75.9 cm³/mol. The molecule has 0 aliphatic heterocycles. The molecule has 3 aromatic rings. The number of carboxylic acids is 1. The van der Waals surface area contributed by atoms with Gasteiger partial charge in [-0.15, -0.1) is 0 Å². The quantitative estimate of drug-likeness (QED) is 0.766. The number of nitrogens with zero attached hydrogens (tertiary/aromatic N) is 1. The van der Waals surface area contributed by atoms with Crippen molar-refractivity contribution >= 4 is 17.1 Å². The van der Waals surface area contributed by atoms with E-state index in [9.17, 15) is 9.90 Å². The molecule has 1 aromatic heterocycles. The highest BCUT2D eigenvalue weighted by molar-refractivity contribution is 6.01. The maximum Gasteiger partial charge on any atom is 0.339 e. The van der Waals surface area contributed by atoms with Crippen LogP contribution in [-0.4, -0.2) is 16.1 Å². The number of aromatic nitrogens is 1. The summed E-state index contributed by atoms with van der Waals surface area (Å²) in [6.45, 7) is 3.89. The van der Waals surface area contributed by atoms with Gasteiger partial charge in [0.25, 0.3) is 0 Å². The molecule has 0 atom stereocenters. The zero-order valence-electron chi connectivity index (χ0n) is 11.2. The topological polar surface area (TPSA) is 63.3 Å². The molecule has 0 saturated carbocycles. The number of fused-ring (bicyclic) bond motifs is 1. The van der Waals surface area contributed by atoms with Crippen LogP contribution in [0.3, 0.4) is 0 Å². The van der Waals surface area contributed by atoms with Gasteiger partial charge in [-0.05, 0) is 37.6 Å². The van der Waals surface area contributed by atoms with Gasteiger partial charge in [-0.2, -0.15) is 0 Å². The van der Waals surface area contributed by atoms with E-state index in [1.807, 2.05) is 38.1 Å². The van der Waals surface area contributed by atoms with E-state index in [0.717, 1.165) is 16.7 Å². The van der Waals surface area contributed by atoms with Gasteiger partial charge in [-0.3, -0.25) is 0 Å². The predicted octanol–water partition coefficient (Wildman–Crippen LogP) is 3.81. The zero-order valence-corrected chi connectivity index (χ0v) is 11.2. The smallest absolute Gasteiger partial charge is 0.339 e. The number of aryl methyl sites for hydroxylation is 2. The van der Waals surface area contributed by atoms with Crippen molar-refractivity contribution in [3.05, 3.63) is 53.1 Å². The van der Waals surface area contributed by atoms with Crippen molar-refractivity contribution in [2.24, 2.45) is 0 Å². The first kappa shape index (κ1) is 12.4. The molecule has 0 amide bonds. The summed E-state index contributed by atoms with van der Waals surface area (Å²) >= 11 is 0. The third kappa shape index (κ3) is 1.95. The molecule has 3 rings (SSSR count). The minimum absolute atomic E-state index is 0.136. The van der Waals surface area contributed by atoms with Crippen LogP contribution in [0, 0.1) is 13.8 Å². The van der Waals surface area contributed by atoms with Crippen LogP contribution in [0.25, 0.3) is 22.6 Å². The standard InChI is InChI=1S/C16H13NO3/c1-9-3-6-11(7-4-9)15-17-13-10(2)5-8-12(16(18)19)14(13)20-15/h3-8H,1-2H3,(H,18,19). The number of carboxylic acid groups (broad SMARTS) is 1. The molecule has 100 valence electrons. The Morgan fingerprint density at radius 1 is 1.10 bits per heavy atom. The highest BCUT2D eigenvalue weighted by atomic mass is 16.4. The van der Waals surface area contributed by atoms with Gasteiger partial charge in [0.15, 0.2) is 5.58 Å². The van der Waals surface area contributed by atoms with Gasteiger partial charge in [0.1, 0.15) is 11.1 Å². The fraction of sp³-hybridized carbons (Fsp3) is 0.125. The first-order chi connectivity index (χ1) is 9.56. The van der Waals surface area contributed by atoms with Crippen LogP contribution < -0.4 is 0 Å².